The fourth-order valence-corrected chi connectivity index (χ4v) is 2.52. The summed E-state index contributed by atoms with van der Waals surface area (Å²) in [6.45, 7) is 2.06. The van der Waals surface area contributed by atoms with Gasteiger partial charge in [0.1, 0.15) is 30.0 Å². The summed E-state index contributed by atoms with van der Waals surface area (Å²) in [7, 11) is 0. The Morgan fingerprint density at radius 1 is 1.33 bits per heavy atom. The van der Waals surface area contributed by atoms with E-state index in [1.54, 1.807) is 13.0 Å². The third kappa shape index (κ3) is 3.00. The van der Waals surface area contributed by atoms with Crippen molar-refractivity contribution in [2.24, 2.45) is 0 Å². The van der Waals surface area contributed by atoms with E-state index in [0.29, 0.717) is 24.5 Å². The van der Waals surface area contributed by atoms with E-state index in [1.807, 2.05) is 24.3 Å². The molecule has 4 heteroatoms. The maximum absolute atomic E-state index is 13.2. The van der Waals surface area contributed by atoms with E-state index in [0.717, 1.165) is 11.1 Å². The molecule has 0 spiro atoms. The highest BCUT2D eigenvalue weighted by Gasteiger charge is 2.24. The zero-order valence-electron chi connectivity index (χ0n) is 11.8. The predicted octanol–water partition coefficient (Wildman–Crippen LogP) is 3.26. The van der Waals surface area contributed by atoms with Crippen molar-refractivity contribution in [1.29, 1.82) is 0 Å². The van der Waals surface area contributed by atoms with Gasteiger partial charge in [0.15, 0.2) is 0 Å². The van der Waals surface area contributed by atoms with Crippen LogP contribution in [0.15, 0.2) is 42.5 Å². The van der Waals surface area contributed by atoms with Crippen molar-refractivity contribution in [2.45, 2.75) is 25.6 Å². The summed E-state index contributed by atoms with van der Waals surface area (Å²) in [5.74, 6) is 1.12. The first-order chi connectivity index (χ1) is 10.1. The molecule has 0 radical (unpaired) electrons. The van der Waals surface area contributed by atoms with Gasteiger partial charge in [-0.1, -0.05) is 18.2 Å². The molecule has 2 atom stereocenters. The zero-order valence-corrected chi connectivity index (χ0v) is 11.8. The maximum Gasteiger partial charge on any atom is 0.137 e. The lowest BCUT2D eigenvalue weighted by atomic mass is 10.1. The van der Waals surface area contributed by atoms with Crippen LogP contribution in [0.5, 0.6) is 11.5 Å². The monoisotopic (exact) mass is 288 g/mol. The van der Waals surface area contributed by atoms with Crippen molar-refractivity contribution >= 4 is 0 Å². The van der Waals surface area contributed by atoms with Crippen molar-refractivity contribution < 1.29 is 19.0 Å². The summed E-state index contributed by atoms with van der Waals surface area (Å²) >= 11 is 0. The van der Waals surface area contributed by atoms with E-state index in [2.05, 4.69) is 0 Å². The van der Waals surface area contributed by atoms with Gasteiger partial charge in [0.25, 0.3) is 0 Å². The second-order valence-corrected chi connectivity index (χ2v) is 5.22. The van der Waals surface area contributed by atoms with Crippen molar-refractivity contribution in [3.63, 3.8) is 0 Å². The molecule has 3 nitrogen and oxygen atoms in total. The lowest BCUT2D eigenvalue weighted by molar-refractivity contribution is 0.141. The van der Waals surface area contributed by atoms with Gasteiger partial charge in [-0.3, -0.25) is 0 Å². The smallest absolute Gasteiger partial charge is 0.137 e. The van der Waals surface area contributed by atoms with Crippen molar-refractivity contribution in [2.75, 3.05) is 6.61 Å². The van der Waals surface area contributed by atoms with Crippen LogP contribution in [0, 0.1) is 5.82 Å². The van der Waals surface area contributed by atoms with Crippen LogP contribution in [0.2, 0.25) is 0 Å². The highest BCUT2D eigenvalue weighted by Crippen LogP contribution is 2.30. The average Bonchev–Trinajstić information content (AvgIpc) is 2.87. The highest BCUT2D eigenvalue weighted by molar-refractivity contribution is 5.38. The minimum atomic E-state index is -0.586. The third-order valence-electron chi connectivity index (χ3n) is 3.56. The van der Waals surface area contributed by atoms with Crippen LogP contribution in [0.4, 0.5) is 4.39 Å². The number of aliphatic hydroxyl groups excluding tert-OH is 1. The van der Waals surface area contributed by atoms with Crippen LogP contribution in [0.1, 0.15) is 24.2 Å². The Kier molecular flexibility index (Phi) is 3.80. The van der Waals surface area contributed by atoms with E-state index in [9.17, 15) is 9.50 Å². The number of fused-ring (bicyclic) bond motifs is 1. The summed E-state index contributed by atoms with van der Waals surface area (Å²) in [5, 5.41) is 9.72. The maximum atomic E-state index is 13.2. The molecule has 1 N–H and O–H groups in total. The first-order valence-electron chi connectivity index (χ1n) is 6.98. The molecule has 3 rings (SSSR count). The fraction of sp³-hybridized carbons (Fsp3) is 0.294. The zero-order chi connectivity index (χ0) is 14.8. The molecule has 0 fully saturated rings. The number of hydrogen-bond acceptors (Lipinski definition) is 3. The lowest BCUT2D eigenvalue weighted by Gasteiger charge is -2.16. The number of benzene rings is 2. The number of rotatable bonds is 4. The summed E-state index contributed by atoms with van der Waals surface area (Å²) in [6.07, 6.45) is -0.0925. The van der Waals surface area contributed by atoms with Crippen LogP contribution in [0.25, 0.3) is 0 Å². The number of aliphatic hydroxyl groups is 1. The van der Waals surface area contributed by atoms with Gasteiger partial charge in [-0.2, -0.15) is 0 Å². The Morgan fingerprint density at radius 2 is 2.14 bits per heavy atom. The molecule has 2 aromatic carbocycles. The van der Waals surface area contributed by atoms with E-state index in [-0.39, 0.29) is 11.9 Å². The minimum absolute atomic E-state index is 0.135. The number of hydrogen-bond donors (Lipinski definition) is 1. The number of para-hydroxylation sites is 1. The molecule has 1 aliphatic rings. The Balaban J connectivity index is 1.65. The van der Waals surface area contributed by atoms with Gasteiger partial charge >= 0.3 is 0 Å². The third-order valence-corrected chi connectivity index (χ3v) is 3.56. The first-order valence-corrected chi connectivity index (χ1v) is 6.98. The molecule has 0 saturated carbocycles. The topological polar surface area (TPSA) is 38.7 Å². The molecule has 0 aromatic heterocycles. The molecule has 2 aromatic rings. The van der Waals surface area contributed by atoms with Gasteiger partial charge in [0, 0.05) is 17.5 Å². The molecule has 21 heavy (non-hydrogen) atoms. The van der Waals surface area contributed by atoms with Crippen molar-refractivity contribution in [3.05, 3.63) is 59.4 Å². The molecule has 0 saturated heterocycles. The van der Waals surface area contributed by atoms with E-state index in [1.165, 1.54) is 12.1 Å². The molecule has 110 valence electrons. The molecule has 0 bridgehead atoms. The van der Waals surface area contributed by atoms with Gasteiger partial charge in [-0.25, -0.2) is 4.39 Å². The normalized spacial score (nSPS) is 18.0. The van der Waals surface area contributed by atoms with E-state index < -0.39 is 6.10 Å². The van der Waals surface area contributed by atoms with Crippen LogP contribution < -0.4 is 9.47 Å². The number of halogens is 1. The van der Waals surface area contributed by atoms with Crippen molar-refractivity contribution in [1.82, 2.24) is 0 Å². The predicted molar refractivity (Wildman–Crippen MR) is 77.1 cm³/mol. The molecule has 0 aliphatic carbocycles. The van der Waals surface area contributed by atoms with Gasteiger partial charge in [-0.05, 0) is 31.2 Å². The molecule has 1 heterocycles. The van der Waals surface area contributed by atoms with Crippen LogP contribution in [0.3, 0.4) is 0 Å². The summed E-state index contributed by atoms with van der Waals surface area (Å²) in [6, 6.07) is 11.9. The standard InChI is InChI=1S/C17H17FO3/c1-11(19)15-4-2-3-5-17(15)20-10-14-9-12-8-13(18)6-7-16(12)21-14/h2-8,11,14,19H,9-10H2,1H3. The molecule has 1 aliphatic heterocycles. The van der Waals surface area contributed by atoms with Gasteiger partial charge < -0.3 is 14.6 Å². The van der Waals surface area contributed by atoms with Crippen molar-refractivity contribution in [3.8, 4) is 11.5 Å². The van der Waals surface area contributed by atoms with E-state index in [4.69, 9.17) is 9.47 Å². The summed E-state index contributed by atoms with van der Waals surface area (Å²) in [4.78, 5) is 0. The van der Waals surface area contributed by atoms with Gasteiger partial charge in [0.2, 0.25) is 0 Å². The van der Waals surface area contributed by atoms with Crippen LogP contribution in [-0.4, -0.2) is 17.8 Å². The summed E-state index contributed by atoms with van der Waals surface area (Å²) < 4.78 is 24.7. The molecular weight excluding hydrogens is 271 g/mol. The largest absolute Gasteiger partial charge is 0.489 e. The Labute approximate surface area is 122 Å². The lowest BCUT2D eigenvalue weighted by Crippen LogP contribution is -2.22. The Bertz CT molecular complexity index is 640. The first kappa shape index (κ1) is 13.9. The highest BCUT2D eigenvalue weighted by atomic mass is 19.1. The number of ether oxygens (including phenoxy) is 2. The Morgan fingerprint density at radius 3 is 2.95 bits per heavy atom. The molecule has 0 amide bonds. The van der Waals surface area contributed by atoms with Crippen LogP contribution >= 0.6 is 0 Å². The average molecular weight is 288 g/mol. The summed E-state index contributed by atoms with van der Waals surface area (Å²) in [5.41, 5.74) is 1.62. The van der Waals surface area contributed by atoms with Gasteiger partial charge in [-0.15, -0.1) is 0 Å². The fourth-order valence-electron chi connectivity index (χ4n) is 2.52. The molecule has 2 unspecified atom stereocenters. The second-order valence-electron chi connectivity index (χ2n) is 5.22. The van der Waals surface area contributed by atoms with Crippen LogP contribution in [-0.2, 0) is 6.42 Å². The minimum Gasteiger partial charge on any atom is -0.489 e. The second kappa shape index (κ2) is 5.74. The quantitative estimate of drug-likeness (QED) is 0.938. The molecular formula is C17H17FO3. The van der Waals surface area contributed by atoms with Gasteiger partial charge in [0.05, 0.1) is 6.10 Å². The Hall–Kier alpha value is -2.07. The van der Waals surface area contributed by atoms with E-state index >= 15 is 0 Å². The SMILES string of the molecule is CC(O)c1ccccc1OCC1Cc2cc(F)ccc2O1.